The first-order valence-corrected chi connectivity index (χ1v) is 9.02. The highest BCUT2D eigenvalue weighted by Gasteiger charge is 2.22. The summed E-state index contributed by atoms with van der Waals surface area (Å²) in [5.74, 6) is 0.648. The average Bonchev–Trinajstić information content (AvgIpc) is 2.81. The predicted molar refractivity (Wildman–Crippen MR) is 99.3 cm³/mol. The van der Waals surface area contributed by atoms with E-state index in [0.717, 1.165) is 0 Å². The Balaban J connectivity index is 2.02. The molecule has 2 aliphatic carbocycles. The molecule has 1 aromatic heterocycles. The van der Waals surface area contributed by atoms with Gasteiger partial charge in [-0.3, -0.25) is 0 Å². The van der Waals surface area contributed by atoms with Gasteiger partial charge in [0, 0.05) is 20.3 Å². The average molecular weight is 389 g/mol. The first-order valence-electron chi connectivity index (χ1n) is 7.94. The summed E-state index contributed by atoms with van der Waals surface area (Å²) in [6.45, 7) is 2.32. The van der Waals surface area contributed by atoms with E-state index in [1.165, 1.54) is 58.0 Å². The molecule has 2 aromatic rings. The van der Waals surface area contributed by atoms with Crippen molar-refractivity contribution in [3.8, 4) is 0 Å². The van der Waals surface area contributed by atoms with E-state index in [-0.39, 0.29) is 0 Å². The fourth-order valence-corrected chi connectivity index (χ4v) is 4.21. The second-order valence-electron chi connectivity index (χ2n) is 6.34. The first kappa shape index (κ1) is 13.6. The molecule has 0 aliphatic heterocycles. The van der Waals surface area contributed by atoms with Gasteiger partial charge in [-0.1, -0.05) is 19.1 Å². The van der Waals surface area contributed by atoms with Crippen molar-refractivity contribution in [2.75, 3.05) is 0 Å². The van der Waals surface area contributed by atoms with Crippen LogP contribution in [-0.4, -0.2) is 4.57 Å². The molecule has 108 valence electrons. The number of nitrogens with zero attached hydrogens (tertiary/aromatic N) is 1. The van der Waals surface area contributed by atoms with Crippen molar-refractivity contribution in [1.29, 1.82) is 0 Å². The van der Waals surface area contributed by atoms with Crippen molar-refractivity contribution in [3.63, 3.8) is 0 Å². The molecule has 0 bridgehead atoms. The quantitative estimate of drug-likeness (QED) is 0.538. The zero-order chi connectivity index (χ0) is 14.4. The van der Waals surface area contributed by atoms with Crippen molar-refractivity contribution in [2.45, 2.75) is 39.0 Å². The van der Waals surface area contributed by atoms with Crippen LogP contribution in [0, 0.1) is 9.49 Å². The van der Waals surface area contributed by atoms with Crippen LogP contribution in [0.3, 0.4) is 0 Å². The van der Waals surface area contributed by atoms with Crippen molar-refractivity contribution < 1.29 is 0 Å². The number of rotatable bonds is 1. The molecule has 0 amide bonds. The third kappa shape index (κ3) is 2.28. The zero-order valence-electron chi connectivity index (χ0n) is 12.4. The maximum absolute atomic E-state index is 2.53. The Morgan fingerprint density at radius 3 is 2.95 bits per heavy atom. The number of hydrogen-bond donors (Lipinski definition) is 0. The van der Waals surface area contributed by atoms with E-state index in [0.29, 0.717) is 5.92 Å². The van der Waals surface area contributed by atoms with E-state index in [1.54, 1.807) is 5.56 Å². The van der Waals surface area contributed by atoms with Gasteiger partial charge in [-0.05, 0) is 90.5 Å². The van der Waals surface area contributed by atoms with Gasteiger partial charge in [0.2, 0.25) is 0 Å². The van der Waals surface area contributed by atoms with Gasteiger partial charge in [0.05, 0.1) is 5.52 Å². The van der Waals surface area contributed by atoms with Gasteiger partial charge in [0.25, 0.3) is 0 Å². The Morgan fingerprint density at radius 1 is 1.24 bits per heavy atom. The van der Waals surface area contributed by atoms with E-state index in [9.17, 15) is 0 Å². The predicted octanol–water partition coefficient (Wildman–Crippen LogP) is 5.87. The molecule has 21 heavy (non-hydrogen) atoms. The number of hydrogen-bond acceptors (Lipinski definition) is 0. The normalized spacial score (nSPS) is 21.4. The maximum atomic E-state index is 2.53. The Kier molecular flexibility index (Phi) is 3.44. The highest BCUT2D eigenvalue weighted by Crippen LogP contribution is 2.37. The van der Waals surface area contributed by atoms with Gasteiger partial charge >= 0.3 is 0 Å². The minimum Gasteiger partial charge on any atom is -0.314 e. The smallest absolute Gasteiger partial charge is 0.0535 e. The van der Waals surface area contributed by atoms with Gasteiger partial charge < -0.3 is 4.57 Å². The molecule has 0 fully saturated rings. The van der Waals surface area contributed by atoms with Crippen LogP contribution in [-0.2, 0) is 6.42 Å². The molecule has 0 saturated heterocycles. The molecule has 1 nitrogen and oxygen atoms in total. The lowest BCUT2D eigenvalue weighted by Gasteiger charge is -2.19. The Labute approximate surface area is 139 Å². The van der Waals surface area contributed by atoms with Crippen molar-refractivity contribution in [2.24, 2.45) is 5.92 Å². The van der Waals surface area contributed by atoms with Crippen LogP contribution in [0.25, 0.3) is 22.7 Å². The van der Waals surface area contributed by atoms with E-state index >= 15 is 0 Å². The van der Waals surface area contributed by atoms with E-state index in [4.69, 9.17) is 0 Å². The lowest BCUT2D eigenvalue weighted by Crippen LogP contribution is -2.07. The summed E-state index contributed by atoms with van der Waals surface area (Å²) in [7, 11) is 0. The summed E-state index contributed by atoms with van der Waals surface area (Å²) in [6, 6.07) is 6.91. The van der Waals surface area contributed by atoms with E-state index in [1.807, 2.05) is 0 Å². The number of halogens is 1. The van der Waals surface area contributed by atoms with Crippen LogP contribution in [0.4, 0.5) is 0 Å². The zero-order valence-corrected chi connectivity index (χ0v) is 14.6. The van der Waals surface area contributed by atoms with Crippen LogP contribution in [0.2, 0.25) is 0 Å². The topological polar surface area (TPSA) is 4.93 Å². The Morgan fingerprint density at radius 2 is 2.14 bits per heavy atom. The van der Waals surface area contributed by atoms with Crippen LogP contribution < -0.4 is 0 Å². The van der Waals surface area contributed by atoms with Gasteiger partial charge in [0.1, 0.15) is 0 Å². The molecule has 0 saturated carbocycles. The van der Waals surface area contributed by atoms with Crippen LogP contribution in [0.1, 0.15) is 43.9 Å². The SMILES string of the molecule is CC1C=Cc2c(c3cc(I)ccc3n2C2=CCCCC2)C1. The Bertz CT molecular complexity index is 763. The molecule has 0 radical (unpaired) electrons. The highest BCUT2D eigenvalue weighted by molar-refractivity contribution is 14.1. The molecule has 0 spiro atoms. The molecule has 0 N–H and O–H groups in total. The van der Waals surface area contributed by atoms with Gasteiger partial charge in [-0.25, -0.2) is 0 Å². The summed E-state index contributed by atoms with van der Waals surface area (Å²) in [6.07, 6.45) is 13.5. The van der Waals surface area contributed by atoms with Gasteiger partial charge in [0.15, 0.2) is 0 Å². The van der Waals surface area contributed by atoms with Crippen LogP contribution in [0.15, 0.2) is 30.4 Å². The summed E-state index contributed by atoms with van der Waals surface area (Å²) in [5.41, 5.74) is 5.88. The molecule has 1 atom stereocenters. The molecular formula is C19H20IN. The van der Waals surface area contributed by atoms with Crippen LogP contribution in [0.5, 0.6) is 0 Å². The fraction of sp³-hybridized carbons (Fsp3) is 0.368. The standard InChI is InChI=1S/C19H20IN/c1-13-7-9-18-16(11-13)17-12-14(20)8-10-19(17)21(18)15-5-3-2-4-6-15/h5,7-10,12-13H,2-4,6,11H2,1H3. The number of fused-ring (bicyclic) bond motifs is 3. The molecular weight excluding hydrogens is 369 g/mol. The summed E-state index contributed by atoms with van der Waals surface area (Å²) in [5, 5.41) is 1.46. The molecule has 2 heteroatoms. The number of allylic oxidation sites excluding steroid dienone is 3. The summed E-state index contributed by atoms with van der Waals surface area (Å²) in [4.78, 5) is 0. The summed E-state index contributed by atoms with van der Waals surface area (Å²) >= 11 is 2.43. The van der Waals surface area contributed by atoms with Gasteiger partial charge in [-0.15, -0.1) is 0 Å². The lowest BCUT2D eigenvalue weighted by atomic mass is 9.93. The molecule has 2 aliphatic rings. The monoisotopic (exact) mass is 389 g/mol. The third-order valence-electron chi connectivity index (χ3n) is 4.74. The number of benzene rings is 1. The Hall–Kier alpha value is -1.03. The molecule has 1 unspecified atom stereocenters. The minimum absolute atomic E-state index is 0.648. The molecule has 1 aromatic carbocycles. The van der Waals surface area contributed by atoms with Crippen molar-refractivity contribution in [1.82, 2.24) is 4.57 Å². The van der Waals surface area contributed by atoms with Crippen molar-refractivity contribution >= 4 is 45.3 Å². The maximum Gasteiger partial charge on any atom is 0.0535 e. The lowest BCUT2D eigenvalue weighted by molar-refractivity contribution is 0.706. The number of aromatic nitrogens is 1. The second-order valence-corrected chi connectivity index (χ2v) is 7.59. The summed E-state index contributed by atoms with van der Waals surface area (Å²) < 4.78 is 3.86. The third-order valence-corrected chi connectivity index (χ3v) is 5.41. The first-order chi connectivity index (χ1) is 10.2. The molecule has 1 heterocycles. The second kappa shape index (κ2) is 5.31. The van der Waals surface area contributed by atoms with Crippen LogP contribution >= 0.6 is 22.6 Å². The van der Waals surface area contributed by atoms with E-state index in [2.05, 4.69) is 70.5 Å². The molecule has 4 rings (SSSR count). The van der Waals surface area contributed by atoms with E-state index < -0.39 is 0 Å². The minimum atomic E-state index is 0.648. The highest BCUT2D eigenvalue weighted by atomic mass is 127. The van der Waals surface area contributed by atoms with Crippen molar-refractivity contribution in [3.05, 3.63) is 45.2 Å². The van der Waals surface area contributed by atoms with Gasteiger partial charge in [-0.2, -0.15) is 0 Å². The fourth-order valence-electron chi connectivity index (χ4n) is 3.72. The largest absolute Gasteiger partial charge is 0.314 e.